The largest absolute Gasteiger partial charge is 0.608 e. The fraction of sp³-hybridized carbons (Fsp3) is 0.125. The first kappa shape index (κ1) is 16.1. The van der Waals surface area contributed by atoms with Crippen molar-refractivity contribution in [2.24, 2.45) is 0 Å². The van der Waals surface area contributed by atoms with Crippen LogP contribution in [0, 0.1) is 42.9 Å². The van der Waals surface area contributed by atoms with Gasteiger partial charge in [-0.2, -0.15) is 4.79 Å². The van der Waals surface area contributed by atoms with E-state index in [9.17, 15) is 26.7 Å². The van der Waals surface area contributed by atoms with Crippen molar-refractivity contribution >= 4 is 18.0 Å². The number of hydrogen-bond donors (Lipinski definition) is 0. The molecule has 0 aliphatic carbocycles. The van der Waals surface area contributed by atoms with Crippen molar-refractivity contribution < 1.29 is 36.1 Å². The number of fused-ring (bicyclic) bond motifs is 1. The van der Waals surface area contributed by atoms with Crippen LogP contribution in [-0.4, -0.2) is 16.9 Å². The number of amides is 1. The Kier molecular flexibility index (Phi) is 3.62. The van der Waals surface area contributed by atoms with Crippen LogP contribution in [0.2, 0.25) is 0 Å². The molecule has 2 aromatic carbocycles. The van der Waals surface area contributed by atoms with Crippen LogP contribution in [0.3, 0.4) is 0 Å². The third-order valence-corrected chi connectivity index (χ3v) is 3.55. The van der Waals surface area contributed by atoms with Crippen molar-refractivity contribution in [3.05, 3.63) is 57.9 Å². The molecule has 24 heavy (non-hydrogen) atoms. The Morgan fingerprint density at radius 2 is 1.46 bits per heavy atom. The molecule has 0 N–H and O–H groups in total. The monoisotopic (exact) mass is 342 g/mol. The molecule has 1 amide bonds. The lowest BCUT2D eigenvalue weighted by molar-refractivity contribution is -0.328. The van der Waals surface area contributed by atoms with Gasteiger partial charge in [0.2, 0.25) is 11.6 Å². The first-order chi connectivity index (χ1) is 11.2. The minimum atomic E-state index is -2.27. The number of carbonyl (C=O) groups excluding carboxylic acids is 1. The Morgan fingerprint density at radius 3 is 2.04 bits per heavy atom. The van der Waals surface area contributed by atoms with Gasteiger partial charge in [0, 0.05) is 6.07 Å². The number of benzene rings is 2. The molecule has 3 nitrogen and oxygen atoms in total. The Labute approximate surface area is 132 Å². The summed E-state index contributed by atoms with van der Waals surface area (Å²) in [7, 11) is 0. The average molecular weight is 342 g/mol. The summed E-state index contributed by atoms with van der Waals surface area (Å²) >= 11 is 0. The quantitative estimate of drug-likeness (QED) is 0.335. The number of nitrogens with zero attached hydrogens (tertiary/aromatic N) is 1. The van der Waals surface area contributed by atoms with Gasteiger partial charge < -0.3 is 4.74 Å². The molecule has 0 saturated carbocycles. The van der Waals surface area contributed by atoms with E-state index in [1.54, 1.807) is 19.9 Å². The first-order valence-electron chi connectivity index (χ1n) is 6.71. The van der Waals surface area contributed by atoms with Gasteiger partial charge >= 0.3 is 6.09 Å². The standard InChI is InChI=1S/C16H9F5NO2/c1-6-3-7(2)15-9(4-6)22(16(23)24-15)5-8-10(17)12(19)14(21)13(20)11(8)18/h3-5H,1-2H3/q+1/b22-5+. The van der Waals surface area contributed by atoms with Crippen LogP contribution in [0.1, 0.15) is 16.7 Å². The Hall–Kier alpha value is -2.77. The molecular weight excluding hydrogens is 333 g/mol. The zero-order valence-electron chi connectivity index (χ0n) is 12.4. The van der Waals surface area contributed by atoms with E-state index in [1.165, 1.54) is 6.07 Å². The molecule has 0 spiro atoms. The molecule has 0 bridgehead atoms. The lowest BCUT2D eigenvalue weighted by Crippen LogP contribution is -2.17. The number of aryl methyl sites for hydroxylation is 2. The predicted octanol–water partition coefficient (Wildman–Crippen LogP) is 4.27. The molecule has 124 valence electrons. The maximum Gasteiger partial charge on any atom is 0.608 e. The van der Waals surface area contributed by atoms with Crippen LogP contribution < -0.4 is 4.74 Å². The molecule has 1 aliphatic rings. The molecule has 3 rings (SSSR count). The third-order valence-electron chi connectivity index (χ3n) is 3.55. The molecule has 2 aromatic rings. The summed E-state index contributed by atoms with van der Waals surface area (Å²) in [5.41, 5.74) is 0.240. The van der Waals surface area contributed by atoms with Crippen LogP contribution in [0.25, 0.3) is 0 Å². The van der Waals surface area contributed by atoms with Gasteiger partial charge in [-0.05, 0) is 25.0 Å². The lowest BCUT2D eigenvalue weighted by atomic mass is 10.1. The van der Waals surface area contributed by atoms with Crippen molar-refractivity contribution in [2.45, 2.75) is 13.8 Å². The molecule has 0 unspecified atom stereocenters. The molecule has 0 saturated heterocycles. The number of halogens is 5. The van der Waals surface area contributed by atoms with E-state index in [2.05, 4.69) is 0 Å². The van der Waals surface area contributed by atoms with E-state index in [1.807, 2.05) is 0 Å². The van der Waals surface area contributed by atoms with Crippen molar-refractivity contribution in [2.75, 3.05) is 0 Å². The second-order valence-corrected chi connectivity index (χ2v) is 5.28. The van der Waals surface area contributed by atoms with Crippen molar-refractivity contribution in [1.29, 1.82) is 0 Å². The average Bonchev–Trinajstić information content (AvgIpc) is 2.84. The van der Waals surface area contributed by atoms with Gasteiger partial charge in [-0.25, -0.2) is 22.0 Å². The summed E-state index contributed by atoms with van der Waals surface area (Å²) < 4.78 is 72.9. The molecule has 1 aliphatic heterocycles. The van der Waals surface area contributed by atoms with Gasteiger partial charge in [0.25, 0.3) is 5.69 Å². The van der Waals surface area contributed by atoms with Crippen molar-refractivity contribution in [3.63, 3.8) is 0 Å². The second-order valence-electron chi connectivity index (χ2n) is 5.28. The summed E-state index contributed by atoms with van der Waals surface area (Å²) in [6.45, 7) is 3.37. The van der Waals surface area contributed by atoms with E-state index in [-0.39, 0.29) is 11.4 Å². The Balaban J connectivity index is 2.28. The van der Waals surface area contributed by atoms with E-state index < -0.39 is 40.7 Å². The fourth-order valence-electron chi connectivity index (χ4n) is 2.47. The van der Waals surface area contributed by atoms with Crippen LogP contribution in [-0.2, 0) is 0 Å². The summed E-state index contributed by atoms with van der Waals surface area (Å²) in [5.74, 6) is -10.3. The van der Waals surface area contributed by atoms with Gasteiger partial charge in [0.15, 0.2) is 29.5 Å². The van der Waals surface area contributed by atoms with Gasteiger partial charge in [0.05, 0.1) is 0 Å². The van der Waals surface area contributed by atoms with E-state index in [0.29, 0.717) is 16.4 Å². The highest BCUT2D eigenvalue weighted by molar-refractivity contribution is 5.86. The smallest absolute Gasteiger partial charge is 0.365 e. The number of hydrogen-bond acceptors (Lipinski definition) is 2. The topological polar surface area (TPSA) is 29.3 Å². The van der Waals surface area contributed by atoms with Crippen molar-refractivity contribution in [3.8, 4) is 5.75 Å². The third kappa shape index (κ3) is 2.26. The molecule has 0 radical (unpaired) electrons. The summed E-state index contributed by atoms with van der Waals surface area (Å²) in [6.07, 6.45) is -0.480. The fourth-order valence-corrected chi connectivity index (χ4v) is 2.47. The van der Waals surface area contributed by atoms with Crippen LogP contribution in [0.15, 0.2) is 12.1 Å². The Morgan fingerprint density at radius 1 is 0.917 bits per heavy atom. The number of ether oxygens (including phenoxy) is 1. The SMILES string of the molecule is Cc1cc(C)c2c(c1)/[N+](=C\c1c(F)c(F)c(F)c(F)c1F)C(=O)O2. The minimum absolute atomic E-state index is 0.154. The molecule has 1 heterocycles. The van der Waals surface area contributed by atoms with E-state index in [0.717, 1.165) is 5.56 Å². The van der Waals surface area contributed by atoms with Crippen molar-refractivity contribution in [1.82, 2.24) is 0 Å². The molecule has 0 atom stereocenters. The minimum Gasteiger partial charge on any atom is -0.365 e. The first-order valence-corrected chi connectivity index (χ1v) is 6.71. The number of carbonyl (C=O) groups is 1. The van der Waals surface area contributed by atoms with Gasteiger partial charge in [-0.1, -0.05) is 10.6 Å². The predicted molar refractivity (Wildman–Crippen MR) is 73.3 cm³/mol. The van der Waals surface area contributed by atoms with E-state index >= 15 is 0 Å². The van der Waals surface area contributed by atoms with Crippen LogP contribution in [0.5, 0.6) is 5.75 Å². The summed E-state index contributed by atoms with van der Waals surface area (Å²) in [4.78, 5) is 11.9. The van der Waals surface area contributed by atoms with E-state index in [4.69, 9.17) is 4.74 Å². The zero-order chi connectivity index (χ0) is 17.8. The maximum absolute atomic E-state index is 13.8. The zero-order valence-corrected chi connectivity index (χ0v) is 12.4. The second kappa shape index (κ2) is 5.40. The highest BCUT2D eigenvalue weighted by atomic mass is 19.2. The molecule has 0 fully saturated rings. The summed E-state index contributed by atoms with van der Waals surface area (Å²) in [6, 6.07) is 3.21. The molecule has 0 aromatic heterocycles. The van der Waals surface area contributed by atoms with Gasteiger partial charge in [-0.15, -0.1) is 0 Å². The lowest BCUT2D eigenvalue weighted by Gasteiger charge is -2.02. The van der Waals surface area contributed by atoms with Crippen LogP contribution >= 0.6 is 0 Å². The highest BCUT2D eigenvalue weighted by Gasteiger charge is 2.39. The maximum atomic E-state index is 13.8. The van der Waals surface area contributed by atoms with Crippen LogP contribution in [0.4, 0.5) is 32.4 Å². The summed E-state index contributed by atoms with van der Waals surface area (Å²) in [5, 5.41) is 0. The highest BCUT2D eigenvalue weighted by Crippen LogP contribution is 2.37. The molecular formula is C16H9F5NO2+. The van der Waals surface area contributed by atoms with Gasteiger partial charge in [0.1, 0.15) is 5.56 Å². The Bertz CT molecular complexity index is 908. The normalized spacial score (nSPS) is 15.0. The van der Waals surface area contributed by atoms with Gasteiger partial charge in [-0.3, -0.25) is 0 Å². The number of rotatable bonds is 1. The molecule has 8 heteroatoms.